The molecule has 0 aliphatic rings. The summed E-state index contributed by atoms with van der Waals surface area (Å²) in [7, 11) is 1.34. The summed E-state index contributed by atoms with van der Waals surface area (Å²) >= 11 is 0. The first-order chi connectivity index (χ1) is 8.51. The van der Waals surface area contributed by atoms with Crippen LogP contribution < -0.4 is 10.5 Å². The van der Waals surface area contributed by atoms with Crippen molar-refractivity contribution in [3.8, 4) is 5.75 Å². The zero-order valence-electron chi connectivity index (χ0n) is 10.0. The molecular weight excluding hydrogens is 238 g/mol. The zero-order valence-corrected chi connectivity index (χ0v) is 10.0. The molecular formula is C12H17NO5. The van der Waals surface area contributed by atoms with Crippen molar-refractivity contribution in [3.63, 3.8) is 0 Å². The van der Waals surface area contributed by atoms with Crippen LogP contribution in [-0.2, 0) is 0 Å². The molecule has 1 rings (SSSR count). The molecule has 6 nitrogen and oxygen atoms in total. The van der Waals surface area contributed by atoms with Crippen LogP contribution in [0.4, 0.5) is 0 Å². The number of benzene rings is 1. The Morgan fingerprint density at radius 1 is 1.44 bits per heavy atom. The topological polar surface area (TPSA) is 113 Å². The Kier molecular flexibility index (Phi) is 5.08. The molecule has 0 aromatic heterocycles. The number of nitrogens with two attached hydrogens (primary N) is 1. The second-order valence-electron chi connectivity index (χ2n) is 3.85. The van der Waals surface area contributed by atoms with Gasteiger partial charge in [-0.25, -0.2) is 4.79 Å². The maximum absolute atomic E-state index is 10.9. The van der Waals surface area contributed by atoms with Crippen LogP contribution in [-0.4, -0.2) is 41.0 Å². The lowest BCUT2D eigenvalue weighted by atomic mass is 10.00. The molecule has 0 saturated carbocycles. The summed E-state index contributed by atoms with van der Waals surface area (Å²) in [6.45, 7) is 0.253. The predicted octanol–water partition coefficient (Wildman–Crippen LogP) is 0.136. The van der Waals surface area contributed by atoms with Crippen molar-refractivity contribution in [3.05, 3.63) is 29.3 Å². The Balaban J connectivity index is 3.01. The van der Waals surface area contributed by atoms with E-state index in [0.717, 1.165) is 0 Å². The van der Waals surface area contributed by atoms with Crippen LogP contribution >= 0.6 is 0 Å². The largest absolute Gasteiger partial charge is 0.496 e. The fraction of sp³-hybridized carbons (Fsp3) is 0.417. The van der Waals surface area contributed by atoms with Crippen molar-refractivity contribution in [2.24, 2.45) is 5.73 Å². The van der Waals surface area contributed by atoms with Gasteiger partial charge >= 0.3 is 5.97 Å². The Morgan fingerprint density at radius 2 is 2.11 bits per heavy atom. The lowest BCUT2D eigenvalue weighted by Gasteiger charge is -2.18. The summed E-state index contributed by atoms with van der Waals surface area (Å²) < 4.78 is 4.94. The van der Waals surface area contributed by atoms with Crippen molar-refractivity contribution in [2.45, 2.75) is 18.6 Å². The van der Waals surface area contributed by atoms with Gasteiger partial charge in [0, 0.05) is 0 Å². The van der Waals surface area contributed by atoms with Crippen LogP contribution in [0.2, 0.25) is 0 Å². The molecule has 6 heteroatoms. The van der Waals surface area contributed by atoms with Crippen molar-refractivity contribution < 1.29 is 24.9 Å². The molecule has 5 N–H and O–H groups in total. The van der Waals surface area contributed by atoms with Gasteiger partial charge in [0.15, 0.2) is 0 Å². The molecule has 0 saturated heterocycles. The van der Waals surface area contributed by atoms with Gasteiger partial charge in [-0.15, -0.1) is 0 Å². The zero-order chi connectivity index (χ0) is 13.7. The van der Waals surface area contributed by atoms with Crippen LogP contribution in [0.3, 0.4) is 0 Å². The molecule has 1 aromatic carbocycles. The lowest BCUT2D eigenvalue weighted by molar-refractivity contribution is 0.0149. The first-order valence-corrected chi connectivity index (χ1v) is 5.48. The van der Waals surface area contributed by atoms with Gasteiger partial charge in [0.2, 0.25) is 0 Å². The highest BCUT2D eigenvalue weighted by molar-refractivity contribution is 5.91. The van der Waals surface area contributed by atoms with E-state index < -0.39 is 18.2 Å². The molecule has 0 spiro atoms. The fourth-order valence-electron chi connectivity index (χ4n) is 1.62. The molecule has 0 heterocycles. The van der Waals surface area contributed by atoms with Crippen LogP contribution in [0.25, 0.3) is 0 Å². The highest BCUT2D eigenvalue weighted by Gasteiger charge is 2.20. The lowest BCUT2D eigenvalue weighted by Crippen LogP contribution is -2.22. The number of carboxylic acids is 1. The molecule has 2 atom stereocenters. The van der Waals surface area contributed by atoms with E-state index in [4.69, 9.17) is 15.6 Å². The van der Waals surface area contributed by atoms with Gasteiger partial charge in [-0.2, -0.15) is 0 Å². The molecule has 0 amide bonds. The quantitative estimate of drug-likeness (QED) is 0.575. The SMILES string of the molecule is COc1cc(C(O)C(O)CCN)ccc1C(=O)O. The van der Waals surface area contributed by atoms with Crippen LogP contribution in [0.15, 0.2) is 18.2 Å². The summed E-state index contributed by atoms with van der Waals surface area (Å²) in [5.41, 5.74) is 5.68. The van der Waals surface area contributed by atoms with Gasteiger partial charge in [0.1, 0.15) is 17.4 Å². The number of hydrogen-bond acceptors (Lipinski definition) is 5. The fourth-order valence-corrected chi connectivity index (χ4v) is 1.62. The maximum atomic E-state index is 10.9. The highest BCUT2D eigenvalue weighted by atomic mass is 16.5. The molecule has 1 aromatic rings. The smallest absolute Gasteiger partial charge is 0.339 e. The molecule has 2 unspecified atom stereocenters. The van der Waals surface area contributed by atoms with Gasteiger partial charge < -0.3 is 25.8 Å². The van der Waals surface area contributed by atoms with E-state index in [1.54, 1.807) is 0 Å². The van der Waals surface area contributed by atoms with Gasteiger partial charge in [-0.1, -0.05) is 6.07 Å². The summed E-state index contributed by atoms with van der Waals surface area (Å²) in [6.07, 6.45) is -1.86. The Morgan fingerprint density at radius 3 is 2.61 bits per heavy atom. The van der Waals surface area contributed by atoms with Crippen molar-refractivity contribution in [1.29, 1.82) is 0 Å². The number of ether oxygens (including phenoxy) is 1. The van der Waals surface area contributed by atoms with Gasteiger partial charge in [-0.05, 0) is 30.7 Å². The number of aliphatic hydroxyl groups is 2. The molecule has 0 radical (unpaired) electrons. The van der Waals surface area contributed by atoms with E-state index in [1.165, 1.54) is 25.3 Å². The molecule has 0 aliphatic heterocycles. The molecule has 0 fully saturated rings. The van der Waals surface area contributed by atoms with E-state index >= 15 is 0 Å². The van der Waals surface area contributed by atoms with Gasteiger partial charge in [-0.3, -0.25) is 0 Å². The number of aliphatic hydroxyl groups excluding tert-OH is 2. The average molecular weight is 255 g/mol. The van der Waals surface area contributed by atoms with E-state index in [9.17, 15) is 15.0 Å². The second kappa shape index (κ2) is 6.34. The Hall–Kier alpha value is -1.63. The number of aromatic carboxylic acids is 1. The summed E-state index contributed by atoms with van der Waals surface area (Å²) in [6, 6.07) is 4.17. The minimum atomic E-state index is -1.12. The third-order valence-electron chi connectivity index (χ3n) is 2.62. The van der Waals surface area contributed by atoms with Crippen LogP contribution in [0, 0.1) is 0 Å². The number of rotatable bonds is 6. The Labute approximate surface area is 105 Å². The number of methoxy groups -OCH3 is 1. The minimum Gasteiger partial charge on any atom is -0.496 e. The number of carboxylic acid groups (broad SMARTS) is 1. The highest BCUT2D eigenvalue weighted by Crippen LogP contribution is 2.26. The third-order valence-corrected chi connectivity index (χ3v) is 2.62. The van der Waals surface area contributed by atoms with E-state index in [-0.39, 0.29) is 24.3 Å². The summed E-state index contributed by atoms with van der Waals surface area (Å²) in [4.78, 5) is 10.9. The summed E-state index contributed by atoms with van der Waals surface area (Å²) in [5, 5.41) is 28.4. The minimum absolute atomic E-state index is 0.00163. The maximum Gasteiger partial charge on any atom is 0.339 e. The van der Waals surface area contributed by atoms with Crippen LogP contribution in [0.1, 0.15) is 28.4 Å². The third kappa shape index (κ3) is 3.19. The van der Waals surface area contributed by atoms with Gasteiger partial charge in [0.05, 0.1) is 13.2 Å². The van der Waals surface area contributed by atoms with Crippen molar-refractivity contribution in [2.75, 3.05) is 13.7 Å². The molecule has 0 aliphatic carbocycles. The van der Waals surface area contributed by atoms with Crippen LogP contribution in [0.5, 0.6) is 5.75 Å². The molecule has 18 heavy (non-hydrogen) atoms. The first kappa shape index (κ1) is 14.4. The van der Waals surface area contributed by atoms with Crippen molar-refractivity contribution >= 4 is 5.97 Å². The van der Waals surface area contributed by atoms with Crippen molar-refractivity contribution in [1.82, 2.24) is 0 Å². The summed E-state index contributed by atoms with van der Waals surface area (Å²) in [5.74, 6) is -0.977. The first-order valence-electron chi connectivity index (χ1n) is 5.48. The predicted molar refractivity (Wildman–Crippen MR) is 64.6 cm³/mol. The second-order valence-corrected chi connectivity index (χ2v) is 3.85. The van der Waals surface area contributed by atoms with Gasteiger partial charge in [0.25, 0.3) is 0 Å². The average Bonchev–Trinajstić information content (AvgIpc) is 2.37. The Bertz CT molecular complexity index is 421. The molecule has 0 bridgehead atoms. The number of hydrogen-bond donors (Lipinski definition) is 4. The molecule has 100 valence electrons. The normalized spacial score (nSPS) is 14.0. The monoisotopic (exact) mass is 255 g/mol. The van der Waals surface area contributed by atoms with E-state index in [1.807, 2.05) is 0 Å². The number of carbonyl (C=O) groups is 1. The standard InChI is InChI=1S/C12H17NO5/c1-18-10-6-7(2-3-8(10)12(16)17)11(15)9(14)4-5-13/h2-3,6,9,11,14-15H,4-5,13H2,1H3,(H,16,17). The van der Waals surface area contributed by atoms with E-state index in [2.05, 4.69) is 0 Å². The van der Waals surface area contributed by atoms with E-state index in [0.29, 0.717) is 5.56 Å².